The van der Waals surface area contributed by atoms with Gasteiger partial charge in [-0.25, -0.2) is 0 Å². The first-order chi connectivity index (χ1) is 10.2. The molecule has 21 heavy (non-hydrogen) atoms. The van der Waals surface area contributed by atoms with Crippen molar-refractivity contribution in [2.24, 2.45) is 10.9 Å². The first kappa shape index (κ1) is 17.4. The SMILES string of the molecule is CCNC(=NCCOCC(C)C)NCCc1ccccn1. The van der Waals surface area contributed by atoms with Crippen molar-refractivity contribution in [3.8, 4) is 0 Å². The lowest BCUT2D eigenvalue weighted by molar-refractivity contribution is 0.117. The van der Waals surface area contributed by atoms with Gasteiger partial charge in [0, 0.05) is 38.0 Å². The van der Waals surface area contributed by atoms with Gasteiger partial charge in [0.2, 0.25) is 0 Å². The van der Waals surface area contributed by atoms with Crippen molar-refractivity contribution < 1.29 is 4.74 Å². The van der Waals surface area contributed by atoms with E-state index in [2.05, 4.69) is 41.4 Å². The summed E-state index contributed by atoms with van der Waals surface area (Å²) >= 11 is 0. The molecule has 1 aromatic rings. The molecule has 0 saturated carbocycles. The molecule has 0 radical (unpaired) electrons. The lowest BCUT2D eigenvalue weighted by atomic mass is 10.2. The third-order valence-electron chi connectivity index (χ3n) is 2.70. The second-order valence-corrected chi connectivity index (χ2v) is 5.23. The first-order valence-electron chi connectivity index (χ1n) is 7.72. The molecule has 0 aromatic carbocycles. The fourth-order valence-corrected chi connectivity index (χ4v) is 1.74. The van der Waals surface area contributed by atoms with Gasteiger partial charge in [-0.15, -0.1) is 0 Å². The van der Waals surface area contributed by atoms with Gasteiger partial charge in [-0.3, -0.25) is 9.98 Å². The number of guanidine groups is 1. The van der Waals surface area contributed by atoms with Crippen molar-refractivity contribution in [1.29, 1.82) is 0 Å². The number of aliphatic imine (C=N–C) groups is 1. The van der Waals surface area contributed by atoms with E-state index in [-0.39, 0.29) is 0 Å². The maximum Gasteiger partial charge on any atom is 0.191 e. The van der Waals surface area contributed by atoms with Crippen LogP contribution in [0, 0.1) is 5.92 Å². The van der Waals surface area contributed by atoms with Crippen LogP contribution in [-0.4, -0.2) is 43.8 Å². The Hall–Kier alpha value is -1.62. The van der Waals surface area contributed by atoms with Crippen molar-refractivity contribution in [1.82, 2.24) is 15.6 Å². The Kier molecular flexibility index (Phi) is 9.20. The van der Waals surface area contributed by atoms with Crippen LogP contribution in [0.15, 0.2) is 29.4 Å². The summed E-state index contributed by atoms with van der Waals surface area (Å²) in [6.07, 6.45) is 2.70. The van der Waals surface area contributed by atoms with Crippen LogP contribution in [0.25, 0.3) is 0 Å². The maximum atomic E-state index is 5.52. The Bertz CT molecular complexity index is 393. The van der Waals surface area contributed by atoms with Crippen molar-refractivity contribution in [3.05, 3.63) is 30.1 Å². The van der Waals surface area contributed by atoms with Crippen LogP contribution in [0.5, 0.6) is 0 Å². The first-order valence-corrected chi connectivity index (χ1v) is 7.72. The zero-order valence-corrected chi connectivity index (χ0v) is 13.4. The number of nitrogens with zero attached hydrogens (tertiary/aromatic N) is 2. The van der Waals surface area contributed by atoms with Gasteiger partial charge in [0.05, 0.1) is 13.2 Å². The molecule has 1 heterocycles. The van der Waals surface area contributed by atoms with Crippen molar-refractivity contribution in [2.45, 2.75) is 27.2 Å². The molecule has 0 unspecified atom stereocenters. The Morgan fingerprint density at radius 3 is 2.86 bits per heavy atom. The van der Waals surface area contributed by atoms with Gasteiger partial charge in [-0.2, -0.15) is 0 Å². The average molecular weight is 292 g/mol. The van der Waals surface area contributed by atoms with E-state index in [4.69, 9.17) is 4.74 Å². The number of pyridine rings is 1. The van der Waals surface area contributed by atoms with Crippen LogP contribution in [-0.2, 0) is 11.2 Å². The van der Waals surface area contributed by atoms with Crippen LogP contribution in [0.3, 0.4) is 0 Å². The Morgan fingerprint density at radius 1 is 1.33 bits per heavy atom. The molecule has 118 valence electrons. The monoisotopic (exact) mass is 292 g/mol. The standard InChI is InChI=1S/C16H28N4O/c1-4-17-16(20-11-12-21-13-14(2)3)19-10-8-15-7-5-6-9-18-15/h5-7,9,14H,4,8,10-13H2,1-3H3,(H2,17,19,20). The molecule has 0 aliphatic heterocycles. The van der Waals surface area contributed by atoms with Crippen LogP contribution >= 0.6 is 0 Å². The molecule has 0 aliphatic rings. The number of hydrogen-bond donors (Lipinski definition) is 2. The van der Waals surface area contributed by atoms with E-state index in [0.29, 0.717) is 19.1 Å². The van der Waals surface area contributed by atoms with Gasteiger partial charge in [0.25, 0.3) is 0 Å². The molecule has 0 bridgehead atoms. The van der Waals surface area contributed by atoms with E-state index in [9.17, 15) is 0 Å². The van der Waals surface area contributed by atoms with Crippen molar-refractivity contribution in [3.63, 3.8) is 0 Å². The molecular formula is C16H28N4O. The highest BCUT2D eigenvalue weighted by Gasteiger charge is 1.98. The molecule has 1 aromatic heterocycles. The molecule has 0 fully saturated rings. The van der Waals surface area contributed by atoms with Crippen molar-refractivity contribution in [2.75, 3.05) is 32.8 Å². The van der Waals surface area contributed by atoms with E-state index in [0.717, 1.165) is 37.8 Å². The van der Waals surface area contributed by atoms with Gasteiger partial charge in [-0.1, -0.05) is 19.9 Å². The quantitative estimate of drug-likeness (QED) is 0.414. The fraction of sp³-hybridized carbons (Fsp3) is 0.625. The summed E-state index contributed by atoms with van der Waals surface area (Å²) in [6, 6.07) is 5.97. The molecule has 1 rings (SSSR count). The zero-order valence-electron chi connectivity index (χ0n) is 13.4. The van der Waals surface area contributed by atoms with E-state index in [1.807, 2.05) is 24.4 Å². The predicted molar refractivity (Wildman–Crippen MR) is 87.6 cm³/mol. The normalized spacial score (nSPS) is 11.7. The molecule has 0 spiro atoms. The van der Waals surface area contributed by atoms with E-state index in [1.165, 1.54) is 0 Å². The van der Waals surface area contributed by atoms with E-state index >= 15 is 0 Å². The van der Waals surface area contributed by atoms with Crippen LogP contribution in [0.1, 0.15) is 26.5 Å². The Labute approximate surface area is 128 Å². The fourth-order valence-electron chi connectivity index (χ4n) is 1.74. The van der Waals surface area contributed by atoms with E-state index < -0.39 is 0 Å². The third kappa shape index (κ3) is 9.02. The summed E-state index contributed by atoms with van der Waals surface area (Å²) in [4.78, 5) is 8.79. The second kappa shape index (κ2) is 11.1. The minimum atomic E-state index is 0.568. The van der Waals surface area contributed by atoms with Gasteiger partial charge in [-0.05, 0) is 25.0 Å². The van der Waals surface area contributed by atoms with Crippen LogP contribution in [0.2, 0.25) is 0 Å². The van der Waals surface area contributed by atoms with Gasteiger partial charge in [0.1, 0.15) is 0 Å². The van der Waals surface area contributed by atoms with Crippen LogP contribution in [0.4, 0.5) is 0 Å². The Balaban J connectivity index is 2.25. The smallest absolute Gasteiger partial charge is 0.191 e. The molecular weight excluding hydrogens is 264 g/mol. The van der Waals surface area contributed by atoms with E-state index in [1.54, 1.807) is 0 Å². The molecule has 2 N–H and O–H groups in total. The number of aromatic nitrogens is 1. The highest BCUT2D eigenvalue weighted by atomic mass is 16.5. The van der Waals surface area contributed by atoms with Gasteiger partial charge in [0.15, 0.2) is 5.96 Å². The lowest BCUT2D eigenvalue weighted by Crippen LogP contribution is -2.38. The summed E-state index contributed by atoms with van der Waals surface area (Å²) in [6.45, 7) is 10.1. The number of ether oxygens (including phenoxy) is 1. The Morgan fingerprint density at radius 2 is 2.19 bits per heavy atom. The lowest BCUT2D eigenvalue weighted by Gasteiger charge is -2.11. The van der Waals surface area contributed by atoms with Crippen LogP contribution < -0.4 is 10.6 Å². The third-order valence-corrected chi connectivity index (χ3v) is 2.70. The minimum Gasteiger partial charge on any atom is -0.379 e. The zero-order chi connectivity index (χ0) is 15.3. The number of hydrogen-bond acceptors (Lipinski definition) is 3. The summed E-state index contributed by atoms with van der Waals surface area (Å²) in [5.74, 6) is 1.40. The molecule has 0 amide bonds. The molecule has 5 heteroatoms. The number of nitrogens with one attached hydrogen (secondary N) is 2. The van der Waals surface area contributed by atoms with Gasteiger partial charge >= 0.3 is 0 Å². The molecule has 0 atom stereocenters. The average Bonchev–Trinajstić information content (AvgIpc) is 2.47. The topological polar surface area (TPSA) is 58.5 Å². The summed E-state index contributed by atoms with van der Waals surface area (Å²) in [5.41, 5.74) is 1.08. The highest BCUT2D eigenvalue weighted by molar-refractivity contribution is 5.79. The largest absolute Gasteiger partial charge is 0.379 e. The summed E-state index contributed by atoms with van der Waals surface area (Å²) in [5, 5.41) is 6.54. The summed E-state index contributed by atoms with van der Waals surface area (Å²) < 4.78 is 5.52. The second-order valence-electron chi connectivity index (χ2n) is 5.23. The summed E-state index contributed by atoms with van der Waals surface area (Å²) in [7, 11) is 0. The van der Waals surface area contributed by atoms with Gasteiger partial charge < -0.3 is 15.4 Å². The highest BCUT2D eigenvalue weighted by Crippen LogP contribution is 1.93. The molecule has 0 saturated heterocycles. The van der Waals surface area contributed by atoms with Crippen molar-refractivity contribution >= 4 is 5.96 Å². The molecule has 0 aliphatic carbocycles. The minimum absolute atomic E-state index is 0.568. The maximum absolute atomic E-state index is 5.52. The predicted octanol–water partition coefficient (Wildman–Crippen LogP) is 1.85. The number of rotatable bonds is 9. The molecule has 5 nitrogen and oxygen atoms in total.